The Labute approximate surface area is 187 Å². The van der Waals surface area contributed by atoms with Crippen molar-refractivity contribution in [3.05, 3.63) is 87.4 Å². The van der Waals surface area contributed by atoms with Crippen molar-refractivity contribution in [2.75, 3.05) is 24.3 Å². The van der Waals surface area contributed by atoms with Crippen LogP contribution in [0.25, 0.3) is 0 Å². The third kappa shape index (κ3) is 5.02. The van der Waals surface area contributed by atoms with E-state index in [1.807, 2.05) is 81.4 Å². The quantitative estimate of drug-likeness (QED) is 0.465. The molecular weight excluding hydrogens is 417 g/mol. The van der Waals surface area contributed by atoms with E-state index < -0.39 is 0 Å². The smallest absolute Gasteiger partial charge is 0.274 e. The highest BCUT2D eigenvalue weighted by atomic mass is 35.5. The minimum absolute atomic E-state index is 0.295. The van der Waals surface area contributed by atoms with Crippen LogP contribution in [0.2, 0.25) is 10.0 Å². The molecule has 154 valence electrons. The van der Waals surface area contributed by atoms with Gasteiger partial charge in [-0.2, -0.15) is 0 Å². The van der Waals surface area contributed by atoms with Gasteiger partial charge in [-0.25, -0.2) is 4.99 Å². The van der Waals surface area contributed by atoms with Crippen LogP contribution in [0.1, 0.15) is 16.7 Å². The molecule has 3 aromatic carbocycles. The lowest BCUT2D eigenvalue weighted by molar-refractivity contribution is -0.110. The predicted octanol–water partition coefficient (Wildman–Crippen LogP) is 6.44. The van der Waals surface area contributed by atoms with Gasteiger partial charge in [-0.3, -0.25) is 4.79 Å². The zero-order valence-electron chi connectivity index (χ0n) is 17.3. The van der Waals surface area contributed by atoms with Gasteiger partial charge in [0.1, 0.15) is 5.71 Å². The average molecular weight is 440 g/mol. The molecule has 0 unspecified atom stereocenters. The molecule has 0 spiro atoms. The van der Waals surface area contributed by atoms with Crippen molar-refractivity contribution in [1.82, 2.24) is 0 Å². The molecular formula is C24H23Cl2N3O. The summed E-state index contributed by atoms with van der Waals surface area (Å²) in [5.41, 5.74) is 5.05. The van der Waals surface area contributed by atoms with Gasteiger partial charge in [0.05, 0.1) is 16.4 Å². The Hall–Kier alpha value is -2.82. The summed E-state index contributed by atoms with van der Waals surface area (Å²) in [6, 6.07) is 18.6. The number of aliphatic imine (C=N–C) groups is 1. The van der Waals surface area contributed by atoms with E-state index in [1.165, 1.54) is 0 Å². The summed E-state index contributed by atoms with van der Waals surface area (Å²) in [4.78, 5) is 19.9. The number of hydrogen-bond acceptors (Lipinski definition) is 3. The normalized spacial score (nSPS) is 11.3. The van der Waals surface area contributed by atoms with E-state index in [0.717, 1.165) is 22.5 Å². The van der Waals surface area contributed by atoms with Gasteiger partial charge >= 0.3 is 0 Å². The lowest BCUT2D eigenvalue weighted by atomic mass is 10.1. The van der Waals surface area contributed by atoms with Gasteiger partial charge in [0, 0.05) is 30.4 Å². The zero-order valence-corrected chi connectivity index (χ0v) is 18.8. The Kier molecular flexibility index (Phi) is 6.80. The Morgan fingerprint density at radius 1 is 0.900 bits per heavy atom. The lowest BCUT2D eigenvalue weighted by Gasteiger charge is -2.15. The third-order valence-electron chi connectivity index (χ3n) is 4.69. The average Bonchev–Trinajstić information content (AvgIpc) is 2.71. The van der Waals surface area contributed by atoms with Crippen LogP contribution in [0.3, 0.4) is 0 Å². The summed E-state index contributed by atoms with van der Waals surface area (Å²) < 4.78 is 0. The third-order valence-corrected chi connectivity index (χ3v) is 5.41. The number of aryl methyl sites for hydroxylation is 2. The first-order chi connectivity index (χ1) is 14.3. The highest BCUT2D eigenvalue weighted by Gasteiger charge is 2.17. The number of anilines is 2. The standard InChI is InChI=1S/C24H23Cl2N3O/c1-15-13-20(26)22(14-19(15)25)28-24(30)23(17-8-6-5-7-9-17)27-21-11-10-18(29(3)4)12-16(21)2/h5-14H,1-4H3,(H,28,30). The number of halogens is 2. The van der Waals surface area contributed by atoms with E-state index in [1.54, 1.807) is 12.1 Å². The Bertz CT molecular complexity index is 1110. The number of hydrogen-bond donors (Lipinski definition) is 1. The molecule has 0 aromatic heterocycles. The monoisotopic (exact) mass is 439 g/mol. The van der Waals surface area contributed by atoms with Crippen LogP contribution < -0.4 is 10.2 Å². The van der Waals surface area contributed by atoms with E-state index in [9.17, 15) is 4.79 Å². The summed E-state index contributed by atoms with van der Waals surface area (Å²) in [7, 11) is 3.97. The zero-order chi connectivity index (χ0) is 21.8. The molecule has 0 heterocycles. The van der Waals surface area contributed by atoms with Gasteiger partial charge in [-0.15, -0.1) is 0 Å². The molecule has 0 aliphatic heterocycles. The molecule has 1 N–H and O–H groups in total. The summed E-state index contributed by atoms with van der Waals surface area (Å²) in [6.45, 7) is 3.83. The van der Waals surface area contributed by atoms with Crippen LogP contribution in [-0.4, -0.2) is 25.7 Å². The lowest BCUT2D eigenvalue weighted by Crippen LogP contribution is -2.24. The van der Waals surface area contributed by atoms with E-state index in [2.05, 4.69) is 5.32 Å². The van der Waals surface area contributed by atoms with Crippen LogP contribution in [0.4, 0.5) is 17.1 Å². The molecule has 4 nitrogen and oxygen atoms in total. The second-order valence-electron chi connectivity index (χ2n) is 7.23. The SMILES string of the molecule is Cc1cc(Cl)c(NC(=O)C(=Nc2ccc(N(C)C)cc2C)c2ccccc2)cc1Cl. The predicted molar refractivity (Wildman–Crippen MR) is 128 cm³/mol. The molecule has 0 bridgehead atoms. The molecule has 0 fully saturated rings. The van der Waals surface area contributed by atoms with E-state index in [0.29, 0.717) is 27.0 Å². The van der Waals surface area contributed by atoms with E-state index in [-0.39, 0.29) is 5.91 Å². The van der Waals surface area contributed by atoms with Crippen LogP contribution in [0.5, 0.6) is 0 Å². The number of carbonyl (C=O) groups excluding carboxylic acids is 1. The second-order valence-corrected chi connectivity index (χ2v) is 8.04. The van der Waals surface area contributed by atoms with Crippen molar-refractivity contribution in [2.24, 2.45) is 4.99 Å². The summed E-state index contributed by atoms with van der Waals surface area (Å²) in [5.74, 6) is -0.362. The van der Waals surface area contributed by atoms with Crippen molar-refractivity contribution in [3.8, 4) is 0 Å². The summed E-state index contributed by atoms with van der Waals surface area (Å²) in [6.07, 6.45) is 0. The molecule has 0 saturated heterocycles. The molecule has 0 aliphatic rings. The van der Waals surface area contributed by atoms with Crippen molar-refractivity contribution in [3.63, 3.8) is 0 Å². The molecule has 0 radical (unpaired) electrons. The number of rotatable bonds is 5. The fraction of sp³-hybridized carbons (Fsp3) is 0.167. The van der Waals surface area contributed by atoms with Crippen molar-refractivity contribution in [1.29, 1.82) is 0 Å². The van der Waals surface area contributed by atoms with E-state index in [4.69, 9.17) is 28.2 Å². The maximum Gasteiger partial charge on any atom is 0.274 e. The molecule has 30 heavy (non-hydrogen) atoms. The highest BCUT2D eigenvalue weighted by molar-refractivity contribution is 6.50. The van der Waals surface area contributed by atoms with Gasteiger partial charge in [0.25, 0.3) is 5.91 Å². The largest absolute Gasteiger partial charge is 0.378 e. The Morgan fingerprint density at radius 3 is 2.23 bits per heavy atom. The van der Waals surface area contributed by atoms with Crippen LogP contribution in [-0.2, 0) is 4.79 Å². The number of nitrogens with one attached hydrogen (secondary N) is 1. The van der Waals surface area contributed by atoms with Crippen molar-refractivity contribution in [2.45, 2.75) is 13.8 Å². The maximum atomic E-state index is 13.2. The first-order valence-corrected chi connectivity index (χ1v) is 10.2. The first kappa shape index (κ1) is 21.9. The number of nitrogens with zero attached hydrogens (tertiary/aromatic N) is 2. The van der Waals surface area contributed by atoms with Crippen LogP contribution in [0, 0.1) is 13.8 Å². The molecule has 6 heteroatoms. The van der Waals surface area contributed by atoms with Gasteiger partial charge in [-0.05, 0) is 55.3 Å². The molecule has 1 amide bonds. The van der Waals surface area contributed by atoms with Gasteiger partial charge in [0.15, 0.2) is 0 Å². The highest BCUT2D eigenvalue weighted by Crippen LogP contribution is 2.29. The van der Waals surface area contributed by atoms with Crippen LogP contribution >= 0.6 is 23.2 Å². The molecule has 0 aliphatic carbocycles. The minimum atomic E-state index is -0.362. The van der Waals surface area contributed by atoms with Gasteiger partial charge < -0.3 is 10.2 Å². The molecule has 0 saturated carbocycles. The maximum absolute atomic E-state index is 13.2. The summed E-state index contributed by atoms with van der Waals surface area (Å²) >= 11 is 12.5. The first-order valence-electron chi connectivity index (χ1n) is 9.45. The van der Waals surface area contributed by atoms with Crippen molar-refractivity contribution < 1.29 is 4.79 Å². The fourth-order valence-electron chi connectivity index (χ4n) is 2.93. The fourth-order valence-corrected chi connectivity index (χ4v) is 3.36. The molecule has 3 aromatic rings. The van der Waals surface area contributed by atoms with Crippen molar-refractivity contribution >= 4 is 51.9 Å². The number of amides is 1. The molecule has 3 rings (SSSR count). The Balaban J connectivity index is 2.03. The summed E-state index contributed by atoms with van der Waals surface area (Å²) in [5, 5.41) is 3.80. The minimum Gasteiger partial charge on any atom is -0.378 e. The van der Waals surface area contributed by atoms with Gasteiger partial charge in [-0.1, -0.05) is 53.5 Å². The molecule has 0 atom stereocenters. The van der Waals surface area contributed by atoms with Gasteiger partial charge in [0.2, 0.25) is 0 Å². The number of benzene rings is 3. The second kappa shape index (κ2) is 9.33. The topological polar surface area (TPSA) is 44.7 Å². The van der Waals surface area contributed by atoms with E-state index >= 15 is 0 Å². The number of carbonyl (C=O) groups is 1. The Morgan fingerprint density at radius 2 is 1.60 bits per heavy atom. The van der Waals surface area contributed by atoms with Crippen LogP contribution in [0.15, 0.2) is 65.7 Å².